The van der Waals surface area contributed by atoms with E-state index in [-0.39, 0.29) is 0 Å². The average molecular weight is 291 g/mol. The second-order valence-electron chi connectivity index (χ2n) is 2.58. The Labute approximate surface area is 98.3 Å². The first-order chi connectivity index (χ1) is 6.66. The largest absolute Gasteiger partial charge is 0.238 e. The van der Waals surface area contributed by atoms with Crippen LogP contribution in [0.1, 0.15) is 5.01 Å². The molecule has 2 aromatic rings. The van der Waals surface area contributed by atoms with Crippen molar-refractivity contribution in [3.63, 3.8) is 0 Å². The molecule has 14 heavy (non-hydrogen) atoms. The van der Waals surface area contributed by atoms with Gasteiger partial charge in [-0.2, -0.15) is 0 Å². The van der Waals surface area contributed by atoms with Crippen LogP contribution in [-0.2, 0) is 0 Å². The third-order valence-electron chi connectivity index (χ3n) is 1.55. The van der Waals surface area contributed by atoms with Crippen LogP contribution in [0, 0.1) is 6.92 Å². The van der Waals surface area contributed by atoms with E-state index in [1.54, 1.807) is 17.5 Å². The highest BCUT2D eigenvalue weighted by Crippen LogP contribution is 2.23. The number of aromatic nitrogens is 3. The lowest BCUT2D eigenvalue weighted by Gasteiger charge is -1.97. The summed E-state index contributed by atoms with van der Waals surface area (Å²) < 4.78 is 0.690. The van der Waals surface area contributed by atoms with Gasteiger partial charge in [-0.1, -0.05) is 11.6 Å². The van der Waals surface area contributed by atoms with Crippen molar-refractivity contribution in [3.8, 4) is 11.5 Å². The molecule has 0 aliphatic carbocycles. The van der Waals surface area contributed by atoms with Crippen LogP contribution >= 0.6 is 38.9 Å². The van der Waals surface area contributed by atoms with Crippen molar-refractivity contribution in [1.82, 2.24) is 15.0 Å². The van der Waals surface area contributed by atoms with Gasteiger partial charge in [-0.25, -0.2) is 15.0 Å². The minimum Gasteiger partial charge on any atom is -0.238 e. The number of hydrogen-bond acceptors (Lipinski definition) is 4. The van der Waals surface area contributed by atoms with Crippen molar-refractivity contribution >= 4 is 38.9 Å². The summed E-state index contributed by atoms with van der Waals surface area (Å²) in [5.74, 6) is 0.558. The summed E-state index contributed by atoms with van der Waals surface area (Å²) in [6.07, 6.45) is 1.62. The van der Waals surface area contributed by atoms with Gasteiger partial charge in [0.1, 0.15) is 10.8 Å². The lowest BCUT2D eigenvalue weighted by atomic mass is 10.4. The predicted octanol–water partition coefficient (Wildman–Crippen LogP) is 3.32. The van der Waals surface area contributed by atoms with Gasteiger partial charge in [0, 0.05) is 11.6 Å². The lowest BCUT2D eigenvalue weighted by molar-refractivity contribution is 1.13. The maximum atomic E-state index is 5.85. The van der Waals surface area contributed by atoms with Crippen molar-refractivity contribution in [2.24, 2.45) is 0 Å². The molecule has 0 aliphatic heterocycles. The van der Waals surface area contributed by atoms with Gasteiger partial charge in [-0.05, 0) is 22.9 Å². The lowest BCUT2D eigenvalue weighted by Crippen LogP contribution is -1.89. The molecule has 2 rings (SSSR count). The van der Waals surface area contributed by atoms with Gasteiger partial charge in [0.05, 0.1) is 9.48 Å². The molecule has 0 radical (unpaired) electrons. The highest BCUT2D eigenvalue weighted by molar-refractivity contribution is 9.10. The Kier molecular flexibility index (Phi) is 2.80. The maximum Gasteiger partial charge on any atom is 0.180 e. The molecule has 3 nitrogen and oxygen atoms in total. The van der Waals surface area contributed by atoms with Crippen molar-refractivity contribution in [2.75, 3.05) is 0 Å². The molecule has 0 atom stereocenters. The molecule has 0 unspecified atom stereocenters. The van der Waals surface area contributed by atoms with Crippen LogP contribution in [0.2, 0.25) is 5.15 Å². The number of hydrogen-bond donors (Lipinski definition) is 0. The molecule has 72 valence electrons. The Balaban J connectivity index is 2.47. The highest BCUT2D eigenvalue weighted by atomic mass is 79.9. The maximum absolute atomic E-state index is 5.85. The number of aryl methyl sites for hydroxylation is 1. The topological polar surface area (TPSA) is 38.7 Å². The molecule has 0 amide bonds. The normalized spacial score (nSPS) is 10.5. The zero-order valence-electron chi connectivity index (χ0n) is 7.16. The molecule has 6 heteroatoms. The quantitative estimate of drug-likeness (QED) is 0.756. The number of halogens is 2. The van der Waals surface area contributed by atoms with Gasteiger partial charge in [-0.15, -0.1) is 11.3 Å². The summed E-state index contributed by atoms with van der Waals surface area (Å²) in [5.41, 5.74) is 0.766. The van der Waals surface area contributed by atoms with Crippen LogP contribution in [0.25, 0.3) is 11.5 Å². The molecule has 0 fully saturated rings. The molecular weight excluding hydrogens is 286 g/mol. The molecule has 0 bridgehead atoms. The Morgan fingerprint density at radius 1 is 1.43 bits per heavy atom. The van der Waals surface area contributed by atoms with Gasteiger partial charge in [0.15, 0.2) is 5.82 Å². The molecule has 0 aliphatic rings. The first-order valence-electron chi connectivity index (χ1n) is 3.77. The first kappa shape index (κ1) is 10.0. The average Bonchev–Trinajstić information content (AvgIpc) is 2.57. The van der Waals surface area contributed by atoms with Crippen LogP contribution in [0.15, 0.2) is 16.0 Å². The fourth-order valence-electron chi connectivity index (χ4n) is 0.936. The summed E-state index contributed by atoms with van der Waals surface area (Å²) >= 11 is 10.6. The van der Waals surface area contributed by atoms with Crippen molar-refractivity contribution in [3.05, 3.63) is 26.2 Å². The summed E-state index contributed by atoms with van der Waals surface area (Å²) in [7, 11) is 0. The molecular formula is C8H5BrClN3S. The third-order valence-corrected chi connectivity index (χ3v) is 3.42. The Bertz CT molecular complexity index is 471. The van der Waals surface area contributed by atoms with Crippen LogP contribution in [0.4, 0.5) is 0 Å². The number of rotatable bonds is 1. The first-order valence-corrected chi connectivity index (χ1v) is 5.82. The van der Waals surface area contributed by atoms with E-state index in [0.29, 0.717) is 15.5 Å². The Morgan fingerprint density at radius 2 is 2.21 bits per heavy atom. The summed E-state index contributed by atoms with van der Waals surface area (Å²) in [4.78, 5) is 12.5. The van der Waals surface area contributed by atoms with Crippen LogP contribution < -0.4 is 0 Å². The van der Waals surface area contributed by atoms with Crippen LogP contribution in [-0.4, -0.2) is 15.0 Å². The molecule has 2 heterocycles. The molecule has 2 aromatic heterocycles. The molecule has 0 N–H and O–H groups in total. The number of thiazole rings is 1. The van der Waals surface area contributed by atoms with E-state index >= 15 is 0 Å². The van der Waals surface area contributed by atoms with Gasteiger partial charge in [0.2, 0.25) is 0 Å². The summed E-state index contributed by atoms with van der Waals surface area (Å²) in [6, 6.07) is 0. The van der Waals surface area contributed by atoms with Crippen molar-refractivity contribution in [1.29, 1.82) is 0 Å². The van der Waals surface area contributed by atoms with Gasteiger partial charge < -0.3 is 0 Å². The molecule has 0 aromatic carbocycles. The second-order valence-corrected chi connectivity index (χ2v) is 4.86. The van der Waals surface area contributed by atoms with E-state index in [0.717, 1.165) is 10.7 Å². The standard InChI is InChI=1S/C8H5BrClN3S/c1-4-12-6(3-14-4)8-11-2-5(9)7(10)13-8/h2-3H,1H3. The Hall–Kier alpha value is -0.520. The minimum atomic E-state index is 0.403. The monoisotopic (exact) mass is 289 g/mol. The SMILES string of the molecule is Cc1nc(-c2ncc(Br)c(Cl)n2)cs1. The molecule has 0 spiro atoms. The van der Waals surface area contributed by atoms with Gasteiger partial charge in [0.25, 0.3) is 0 Å². The second kappa shape index (κ2) is 3.92. The highest BCUT2D eigenvalue weighted by Gasteiger charge is 2.07. The van der Waals surface area contributed by atoms with Gasteiger partial charge >= 0.3 is 0 Å². The fourth-order valence-corrected chi connectivity index (χ4v) is 1.85. The zero-order chi connectivity index (χ0) is 10.1. The van der Waals surface area contributed by atoms with Crippen molar-refractivity contribution in [2.45, 2.75) is 6.92 Å². The molecule has 0 saturated heterocycles. The van der Waals surface area contributed by atoms with E-state index in [2.05, 4.69) is 30.9 Å². The molecule has 0 saturated carbocycles. The van der Waals surface area contributed by atoms with E-state index in [1.165, 1.54) is 0 Å². The predicted molar refractivity (Wildman–Crippen MR) is 60.6 cm³/mol. The summed E-state index contributed by atoms with van der Waals surface area (Å²) in [5, 5.41) is 3.30. The van der Waals surface area contributed by atoms with Crippen LogP contribution in [0.5, 0.6) is 0 Å². The van der Waals surface area contributed by atoms with E-state index in [9.17, 15) is 0 Å². The summed E-state index contributed by atoms with van der Waals surface area (Å²) in [6.45, 7) is 1.94. The number of nitrogens with zero attached hydrogens (tertiary/aromatic N) is 3. The smallest absolute Gasteiger partial charge is 0.180 e. The van der Waals surface area contributed by atoms with Gasteiger partial charge in [-0.3, -0.25) is 0 Å². The van der Waals surface area contributed by atoms with E-state index < -0.39 is 0 Å². The Morgan fingerprint density at radius 3 is 2.79 bits per heavy atom. The van der Waals surface area contributed by atoms with E-state index in [1.807, 2.05) is 12.3 Å². The van der Waals surface area contributed by atoms with Crippen molar-refractivity contribution < 1.29 is 0 Å². The third kappa shape index (κ3) is 1.94. The van der Waals surface area contributed by atoms with Crippen LogP contribution in [0.3, 0.4) is 0 Å². The van der Waals surface area contributed by atoms with E-state index in [4.69, 9.17) is 11.6 Å². The fraction of sp³-hybridized carbons (Fsp3) is 0.125. The zero-order valence-corrected chi connectivity index (χ0v) is 10.3. The minimum absolute atomic E-state index is 0.403.